The van der Waals surface area contributed by atoms with Crippen molar-refractivity contribution in [3.63, 3.8) is 0 Å². The Labute approximate surface area is 158 Å². The van der Waals surface area contributed by atoms with Gasteiger partial charge in [-0.2, -0.15) is 0 Å². The fourth-order valence-corrected chi connectivity index (χ4v) is 4.58. The predicted octanol–water partition coefficient (Wildman–Crippen LogP) is 2.62. The van der Waals surface area contributed by atoms with E-state index in [2.05, 4.69) is 15.1 Å². The Bertz CT molecular complexity index is 444. The Balaban J connectivity index is 1.36. The summed E-state index contributed by atoms with van der Waals surface area (Å²) in [7, 11) is 0. The summed E-state index contributed by atoms with van der Waals surface area (Å²) in [6.07, 6.45) is 6.60. The number of alkyl carbamates (subject to hydrolysis) is 1. The van der Waals surface area contributed by atoms with Gasteiger partial charge in [-0.3, -0.25) is 9.80 Å². The lowest BCUT2D eigenvalue weighted by molar-refractivity contribution is 0.00172. The molecule has 6 nitrogen and oxygen atoms in total. The van der Waals surface area contributed by atoms with Crippen molar-refractivity contribution in [2.24, 2.45) is 0 Å². The van der Waals surface area contributed by atoms with E-state index in [1.54, 1.807) is 0 Å². The first-order valence-electron chi connectivity index (χ1n) is 10.5. The summed E-state index contributed by atoms with van der Waals surface area (Å²) < 4.78 is 10.9. The summed E-state index contributed by atoms with van der Waals surface area (Å²) in [6, 6.07) is 1.69. The van der Waals surface area contributed by atoms with Crippen molar-refractivity contribution in [2.45, 2.75) is 83.0 Å². The van der Waals surface area contributed by atoms with E-state index in [0.29, 0.717) is 6.04 Å². The molecule has 0 radical (unpaired) electrons. The maximum Gasteiger partial charge on any atom is 0.407 e. The van der Waals surface area contributed by atoms with Crippen molar-refractivity contribution in [3.05, 3.63) is 0 Å². The van der Waals surface area contributed by atoms with E-state index in [1.165, 1.54) is 51.9 Å². The summed E-state index contributed by atoms with van der Waals surface area (Å²) in [6.45, 7) is 12.3. The number of hydrogen-bond acceptors (Lipinski definition) is 5. The van der Waals surface area contributed by atoms with Gasteiger partial charge in [-0.1, -0.05) is 0 Å². The lowest BCUT2D eigenvalue weighted by Gasteiger charge is -2.44. The van der Waals surface area contributed by atoms with E-state index in [1.807, 2.05) is 20.8 Å². The smallest absolute Gasteiger partial charge is 0.407 e. The number of carbonyl (C=O) groups is 1. The van der Waals surface area contributed by atoms with Crippen LogP contribution in [-0.2, 0) is 9.47 Å². The predicted molar refractivity (Wildman–Crippen MR) is 102 cm³/mol. The second kappa shape index (κ2) is 8.89. The third kappa shape index (κ3) is 5.83. The van der Waals surface area contributed by atoms with E-state index in [4.69, 9.17) is 9.47 Å². The van der Waals surface area contributed by atoms with E-state index in [0.717, 1.165) is 32.1 Å². The Morgan fingerprint density at radius 2 is 1.38 bits per heavy atom. The first-order valence-corrected chi connectivity index (χ1v) is 10.5. The monoisotopic (exact) mass is 367 g/mol. The van der Waals surface area contributed by atoms with Gasteiger partial charge in [0.25, 0.3) is 0 Å². The van der Waals surface area contributed by atoms with Crippen LogP contribution in [0, 0.1) is 0 Å². The van der Waals surface area contributed by atoms with Crippen molar-refractivity contribution in [1.82, 2.24) is 15.1 Å². The maximum atomic E-state index is 11.9. The molecule has 0 atom stereocenters. The molecule has 1 saturated carbocycles. The fraction of sp³-hybridized carbons (Fsp3) is 0.950. The molecular formula is C20H37N3O3. The van der Waals surface area contributed by atoms with Gasteiger partial charge >= 0.3 is 6.09 Å². The van der Waals surface area contributed by atoms with Crippen molar-refractivity contribution in [2.75, 3.05) is 39.4 Å². The van der Waals surface area contributed by atoms with Crippen LogP contribution in [0.25, 0.3) is 0 Å². The molecule has 1 aliphatic carbocycles. The van der Waals surface area contributed by atoms with Crippen molar-refractivity contribution < 1.29 is 14.3 Å². The molecule has 0 aromatic heterocycles. The van der Waals surface area contributed by atoms with Gasteiger partial charge < -0.3 is 14.8 Å². The molecule has 0 unspecified atom stereocenters. The number of ether oxygens (including phenoxy) is 2. The Morgan fingerprint density at radius 3 is 1.88 bits per heavy atom. The van der Waals surface area contributed by atoms with Crippen LogP contribution in [0.4, 0.5) is 4.79 Å². The zero-order chi connectivity index (χ0) is 18.6. The van der Waals surface area contributed by atoms with Gasteiger partial charge in [0, 0.05) is 57.5 Å². The minimum Gasteiger partial charge on any atom is -0.444 e. The topological polar surface area (TPSA) is 54.0 Å². The van der Waals surface area contributed by atoms with E-state index >= 15 is 0 Å². The standard InChI is InChI=1S/C20H37N3O3/c1-20(2,3)26-19(24)21-16-4-6-17(7-5-16)22-10-12-23(13-11-22)18-8-14-25-15-9-18/h16-18H,4-15H2,1-3H3,(H,21,24). The first kappa shape index (κ1) is 19.9. The molecule has 2 heterocycles. The Morgan fingerprint density at radius 1 is 0.885 bits per heavy atom. The molecule has 0 spiro atoms. The highest BCUT2D eigenvalue weighted by Gasteiger charge is 2.31. The molecule has 2 saturated heterocycles. The highest BCUT2D eigenvalue weighted by Crippen LogP contribution is 2.25. The molecule has 0 aromatic rings. The quantitative estimate of drug-likeness (QED) is 0.831. The molecule has 1 amide bonds. The molecule has 0 bridgehead atoms. The summed E-state index contributed by atoms with van der Waals surface area (Å²) in [5, 5.41) is 3.05. The van der Waals surface area contributed by atoms with Crippen molar-refractivity contribution >= 4 is 6.09 Å². The molecule has 3 aliphatic rings. The molecular weight excluding hydrogens is 330 g/mol. The lowest BCUT2D eigenvalue weighted by Crippen LogP contribution is -2.55. The number of rotatable bonds is 3. The number of carbonyl (C=O) groups excluding carboxylic acids is 1. The van der Waals surface area contributed by atoms with E-state index < -0.39 is 5.60 Å². The zero-order valence-corrected chi connectivity index (χ0v) is 16.8. The Kier molecular flexibility index (Phi) is 6.81. The van der Waals surface area contributed by atoms with Crippen LogP contribution in [0.5, 0.6) is 0 Å². The maximum absolute atomic E-state index is 11.9. The molecule has 2 aliphatic heterocycles. The number of nitrogens with one attached hydrogen (secondary N) is 1. The third-order valence-corrected chi connectivity index (χ3v) is 5.99. The molecule has 1 N–H and O–H groups in total. The average Bonchev–Trinajstić information content (AvgIpc) is 2.62. The average molecular weight is 368 g/mol. The summed E-state index contributed by atoms with van der Waals surface area (Å²) in [5.41, 5.74) is -0.425. The van der Waals surface area contributed by atoms with Crippen LogP contribution in [0.2, 0.25) is 0 Å². The molecule has 3 rings (SSSR count). The normalized spacial score (nSPS) is 30.1. The molecule has 3 fully saturated rings. The second-order valence-electron chi connectivity index (χ2n) is 9.07. The van der Waals surface area contributed by atoms with Crippen LogP contribution in [0.3, 0.4) is 0 Å². The van der Waals surface area contributed by atoms with Crippen LogP contribution in [-0.4, -0.2) is 79.0 Å². The molecule has 26 heavy (non-hydrogen) atoms. The van der Waals surface area contributed by atoms with Crippen LogP contribution >= 0.6 is 0 Å². The molecule has 6 heteroatoms. The second-order valence-corrected chi connectivity index (χ2v) is 9.07. The minimum atomic E-state index is -0.425. The highest BCUT2D eigenvalue weighted by molar-refractivity contribution is 5.68. The van der Waals surface area contributed by atoms with Crippen LogP contribution in [0.1, 0.15) is 59.3 Å². The van der Waals surface area contributed by atoms with Gasteiger partial charge in [0.05, 0.1) is 0 Å². The fourth-order valence-electron chi connectivity index (χ4n) is 4.58. The zero-order valence-electron chi connectivity index (χ0n) is 16.8. The summed E-state index contributed by atoms with van der Waals surface area (Å²) in [4.78, 5) is 17.3. The van der Waals surface area contributed by atoms with Gasteiger partial charge in [-0.05, 0) is 59.3 Å². The number of amides is 1. The van der Waals surface area contributed by atoms with Crippen LogP contribution < -0.4 is 5.32 Å². The van der Waals surface area contributed by atoms with Gasteiger partial charge in [0.2, 0.25) is 0 Å². The van der Waals surface area contributed by atoms with Gasteiger partial charge in [0.1, 0.15) is 5.60 Å². The SMILES string of the molecule is CC(C)(C)OC(=O)NC1CCC(N2CCN(C3CCOCC3)CC2)CC1. The minimum absolute atomic E-state index is 0.268. The first-order chi connectivity index (χ1) is 12.4. The summed E-state index contributed by atoms with van der Waals surface area (Å²) in [5.74, 6) is 0. The molecule has 0 aromatic carbocycles. The van der Waals surface area contributed by atoms with Gasteiger partial charge in [-0.15, -0.1) is 0 Å². The largest absolute Gasteiger partial charge is 0.444 e. The van der Waals surface area contributed by atoms with Crippen LogP contribution in [0.15, 0.2) is 0 Å². The van der Waals surface area contributed by atoms with E-state index in [-0.39, 0.29) is 12.1 Å². The van der Waals surface area contributed by atoms with Gasteiger partial charge in [-0.25, -0.2) is 4.79 Å². The number of hydrogen-bond donors (Lipinski definition) is 1. The third-order valence-electron chi connectivity index (χ3n) is 5.99. The lowest BCUT2D eigenvalue weighted by atomic mass is 9.90. The number of nitrogens with zero attached hydrogens (tertiary/aromatic N) is 2. The highest BCUT2D eigenvalue weighted by atomic mass is 16.6. The number of piperazine rings is 1. The van der Waals surface area contributed by atoms with Gasteiger partial charge in [0.15, 0.2) is 0 Å². The van der Waals surface area contributed by atoms with Crippen molar-refractivity contribution in [1.29, 1.82) is 0 Å². The molecule has 150 valence electrons. The van der Waals surface area contributed by atoms with E-state index in [9.17, 15) is 4.79 Å². The summed E-state index contributed by atoms with van der Waals surface area (Å²) >= 11 is 0. The Hall–Kier alpha value is -0.850. The van der Waals surface area contributed by atoms with Crippen molar-refractivity contribution in [3.8, 4) is 0 Å².